The van der Waals surface area contributed by atoms with Crippen LogP contribution in [0.15, 0.2) is 61.1 Å². The van der Waals surface area contributed by atoms with Crippen molar-refractivity contribution in [1.82, 2.24) is 25.6 Å². The zero-order valence-electron chi connectivity index (χ0n) is 15.3. The van der Waals surface area contributed by atoms with Crippen molar-refractivity contribution in [3.8, 4) is 0 Å². The molecule has 3 aromatic heterocycles. The van der Waals surface area contributed by atoms with Crippen LogP contribution >= 0.6 is 0 Å². The van der Waals surface area contributed by atoms with E-state index in [1.807, 2.05) is 36.4 Å². The lowest BCUT2D eigenvalue weighted by Gasteiger charge is -2.14. The SMILES string of the molecule is CC(NC(=O)c1cc2c(cn1)[nH]c1ccccc12)C(=O)NCc1ccncc1. The van der Waals surface area contributed by atoms with E-state index in [0.29, 0.717) is 6.54 Å². The molecule has 0 bridgehead atoms. The average Bonchev–Trinajstić information content (AvgIpc) is 3.10. The second kappa shape index (κ2) is 7.48. The molecule has 140 valence electrons. The first-order valence-corrected chi connectivity index (χ1v) is 8.96. The van der Waals surface area contributed by atoms with Crippen LogP contribution < -0.4 is 10.6 Å². The molecule has 0 spiro atoms. The van der Waals surface area contributed by atoms with E-state index in [0.717, 1.165) is 27.4 Å². The topological polar surface area (TPSA) is 99.8 Å². The Morgan fingerprint density at radius 3 is 2.68 bits per heavy atom. The van der Waals surface area contributed by atoms with Crippen LogP contribution in [0.4, 0.5) is 0 Å². The molecule has 0 saturated heterocycles. The molecule has 3 heterocycles. The van der Waals surface area contributed by atoms with Gasteiger partial charge in [-0.25, -0.2) is 4.98 Å². The monoisotopic (exact) mass is 373 g/mol. The van der Waals surface area contributed by atoms with Crippen LogP contribution in [0.5, 0.6) is 0 Å². The Morgan fingerprint density at radius 2 is 1.86 bits per heavy atom. The predicted molar refractivity (Wildman–Crippen MR) is 107 cm³/mol. The largest absolute Gasteiger partial charge is 0.353 e. The summed E-state index contributed by atoms with van der Waals surface area (Å²) in [5, 5.41) is 7.45. The number of aromatic nitrogens is 3. The van der Waals surface area contributed by atoms with Crippen LogP contribution in [0.3, 0.4) is 0 Å². The highest BCUT2D eigenvalue weighted by Gasteiger charge is 2.18. The fourth-order valence-corrected chi connectivity index (χ4v) is 3.05. The third-order valence-electron chi connectivity index (χ3n) is 4.58. The Bertz CT molecular complexity index is 1150. The smallest absolute Gasteiger partial charge is 0.270 e. The minimum Gasteiger partial charge on any atom is -0.353 e. The molecule has 0 aliphatic carbocycles. The molecule has 3 N–H and O–H groups in total. The van der Waals surface area contributed by atoms with Gasteiger partial charge in [0.05, 0.1) is 11.7 Å². The molecule has 0 aliphatic heterocycles. The second-order valence-electron chi connectivity index (χ2n) is 6.55. The molecule has 1 atom stereocenters. The Kier molecular flexibility index (Phi) is 4.72. The standard InChI is InChI=1S/C21H19N5O2/c1-13(20(27)24-11-14-6-8-22-9-7-14)25-21(28)18-10-16-15-4-2-3-5-17(15)26-19(16)12-23-18/h2-10,12-13,26H,11H2,1H3,(H,24,27)(H,25,28). The molecule has 4 rings (SSSR count). The summed E-state index contributed by atoms with van der Waals surface area (Å²) in [5.41, 5.74) is 3.06. The quantitative estimate of drug-likeness (QED) is 0.500. The lowest BCUT2D eigenvalue weighted by molar-refractivity contribution is -0.122. The van der Waals surface area contributed by atoms with Crippen molar-refractivity contribution in [2.24, 2.45) is 0 Å². The van der Waals surface area contributed by atoms with Gasteiger partial charge in [0.2, 0.25) is 5.91 Å². The lowest BCUT2D eigenvalue weighted by Crippen LogP contribution is -2.44. The Balaban J connectivity index is 1.45. The van der Waals surface area contributed by atoms with Gasteiger partial charge in [-0.2, -0.15) is 0 Å². The van der Waals surface area contributed by atoms with E-state index in [9.17, 15) is 9.59 Å². The maximum absolute atomic E-state index is 12.6. The summed E-state index contributed by atoms with van der Waals surface area (Å²) in [6, 6.07) is 12.6. The van der Waals surface area contributed by atoms with Crippen LogP contribution in [-0.4, -0.2) is 32.8 Å². The van der Waals surface area contributed by atoms with E-state index in [1.54, 1.807) is 31.6 Å². The molecule has 0 radical (unpaired) electrons. The molecule has 4 aromatic rings. The summed E-state index contributed by atoms with van der Waals surface area (Å²) in [5.74, 6) is -0.655. The number of nitrogens with zero attached hydrogens (tertiary/aromatic N) is 2. The van der Waals surface area contributed by atoms with Crippen LogP contribution in [0.2, 0.25) is 0 Å². The molecule has 0 fully saturated rings. The van der Waals surface area contributed by atoms with Gasteiger partial charge in [0.25, 0.3) is 5.91 Å². The number of aromatic amines is 1. The molecule has 28 heavy (non-hydrogen) atoms. The van der Waals surface area contributed by atoms with Crippen LogP contribution in [0, 0.1) is 0 Å². The number of fused-ring (bicyclic) bond motifs is 3. The number of H-pyrrole nitrogens is 1. The molecule has 7 heteroatoms. The molecule has 2 amide bonds. The highest BCUT2D eigenvalue weighted by atomic mass is 16.2. The summed E-state index contributed by atoms with van der Waals surface area (Å²) in [6.07, 6.45) is 4.97. The van der Waals surface area contributed by atoms with Crippen molar-refractivity contribution in [3.05, 3.63) is 72.3 Å². The molecule has 1 aromatic carbocycles. The Labute approximate surface area is 161 Å². The average molecular weight is 373 g/mol. The normalized spacial score (nSPS) is 12.0. The van der Waals surface area contributed by atoms with Gasteiger partial charge in [0.15, 0.2) is 0 Å². The van der Waals surface area contributed by atoms with Crippen molar-refractivity contribution >= 4 is 33.6 Å². The van der Waals surface area contributed by atoms with Crippen LogP contribution in [-0.2, 0) is 11.3 Å². The molecule has 0 aliphatic rings. The first-order chi connectivity index (χ1) is 13.6. The Hall–Kier alpha value is -3.74. The number of hydrogen-bond acceptors (Lipinski definition) is 4. The lowest BCUT2D eigenvalue weighted by atomic mass is 10.1. The number of amides is 2. The maximum atomic E-state index is 12.6. The van der Waals surface area contributed by atoms with E-state index in [2.05, 4.69) is 25.6 Å². The summed E-state index contributed by atoms with van der Waals surface area (Å²) < 4.78 is 0. The highest BCUT2D eigenvalue weighted by molar-refractivity contribution is 6.09. The summed E-state index contributed by atoms with van der Waals surface area (Å²) in [4.78, 5) is 36.3. The molecular weight excluding hydrogens is 354 g/mol. The number of nitrogens with one attached hydrogen (secondary N) is 3. The van der Waals surface area contributed by atoms with Crippen molar-refractivity contribution in [3.63, 3.8) is 0 Å². The van der Waals surface area contributed by atoms with Gasteiger partial charge in [-0.1, -0.05) is 18.2 Å². The minimum atomic E-state index is -0.685. The number of hydrogen-bond donors (Lipinski definition) is 3. The van der Waals surface area contributed by atoms with Gasteiger partial charge in [0.1, 0.15) is 11.7 Å². The van der Waals surface area contributed by atoms with Gasteiger partial charge in [-0.15, -0.1) is 0 Å². The third kappa shape index (κ3) is 3.55. The van der Waals surface area contributed by atoms with Crippen LogP contribution in [0.25, 0.3) is 21.8 Å². The first-order valence-electron chi connectivity index (χ1n) is 8.96. The summed E-state index contributed by atoms with van der Waals surface area (Å²) in [7, 11) is 0. The molecule has 0 saturated carbocycles. The second-order valence-corrected chi connectivity index (χ2v) is 6.55. The Morgan fingerprint density at radius 1 is 1.07 bits per heavy atom. The van der Waals surface area contributed by atoms with Gasteiger partial charge in [-0.05, 0) is 36.8 Å². The summed E-state index contributed by atoms with van der Waals surface area (Å²) >= 11 is 0. The minimum absolute atomic E-state index is 0.265. The van der Waals surface area contributed by atoms with Crippen LogP contribution in [0.1, 0.15) is 23.0 Å². The zero-order chi connectivity index (χ0) is 19.5. The van der Waals surface area contributed by atoms with Gasteiger partial charge in [0, 0.05) is 35.2 Å². The maximum Gasteiger partial charge on any atom is 0.270 e. The van der Waals surface area contributed by atoms with Crippen molar-refractivity contribution in [2.75, 3.05) is 0 Å². The van der Waals surface area contributed by atoms with E-state index in [4.69, 9.17) is 0 Å². The zero-order valence-corrected chi connectivity index (χ0v) is 15.3. The van der Waals surface area contributed by atoms with Crippen molar-refractivity contribution in [2.45, 2.75) is 19.5 Å². The fourth-order valence-electron chi connectivity index (χ4n) is 3.05. The number of carbonyl (C=O) groups excluding carboxylic acids is 2. The van der Waals surface area contributed by atoms with Gasteiger partial charge < -0.3 is 15.6 Å². The molecular formula is C21H19N5O2. The number of pyridine rings is 2. The van der Waals surface area contributed by atoms with Gasteiger partial charge >= 0.3 is 0 Å². The fraction of sp³-hybridized carbons (Fsp3) is 0.143. The van der Waals surface area contributed by atoms with E-state index in [-0.39, 0.29) is 11.6 Å². The van der Waals surface area contributed by atoms with Gasteiger partial charge in [-0.3, -0.25) is 14.6 Å². The highest BCUT2D eigenvalue weighted by Crippen LogP contribution is 2.24. The van der Waals surface area contributed by atoms with E-state index in [1.165, 1.54) is 0 Å². The summed E-state index contributed by atoms with van der Waals surface area (Å²) in [6.45, 7) is 2.02. The number of para-hydroxylation sites is 1. The number of carbonyl (C=O) groups is 2. The predicted octanol–water partition coefficient (Wildman–Crippen LogP) is 2.55. The number of benzene rings is 1. The van der Waals surface area contributed by atoms with Crippen molar-refractivity contribution in [1.29, 1.82) is 0 Å². The molecule has 7 nitrogen and oxygen atoms in total. The third-order valence-corrected chi connectivity index (χ3v) is 4.58. The number of rotatable bonds is 5. The van der Waals surface area contributed by atoms with Crippen molar-refractivity contribution < 1.29 is 9.59 Å². The van der Waals surface area contributed by atoms with E-state index >= 15 is 0 Å². The first kappa shape index (κ1) is 17.7. The van der Waals surface area contributed by atoms with E-state index < -0.39 is 11.9 Å². The molecule has 1 unspecified atom stereocenters.